The number of aliphatic hydroxyl groups excluding tert-OH is 1. The summed E-state index contributed by atoms with van der Waals surface area (Å²) < 4.78 is 0. The molecule has 1 fully saturated rings. The quantitative estimate of drug-likeness (QED) is 0.865. The van der Waals surface area contributed by atoms with Gasteiger partial charge in [0.25, 0.3) is 0 Å². The zero-order valence-corrected chi connectivity index (χ0v) is 15.1. The van der Waals surface area contributed by atoms with Crippen LogP contribution in [0.4, 0.5) is 4.79 Å². The van der Waals surface area contributed by atoms with E-state index in [0.717, 1.165) is 25.9 Å². The molecule has 1 aromatic carbocycles. The summed E-state index contributed by atoms with van der Waals surface area (Å²) >= 11 is 0. The number of amides is 2. The third-order valence-corrected chi connectivity index (χ3v) is 4.43. The Kier molecular flexibility index (Phi) is 6.44. The van der Waals surface area contributed by atoms with Crippen LogP contribution in [0.25, 0.3) is 6.08 Å². The van der Waals surface area contributed by atoms with E-state index in [9.17, 15) is 9.90 Å². The van der Waals surface area contributed by atoms with Crippen LogP contribution in [0.3, 0.4) is 0 Å². The van der Waals surface area contributed by atoms with Gasteiger partial charge in [0.15, 0.2) is 0 Å². The molecule has 1 unspecified atom stereocenters. The third-order valence-electron chi connectivity index (χ3n) is 4.43. The number of aliphatic hydroxyl groups is 1. The van der Waals surface area contributed by atoms with Crippen LogP contribution in [0, 0.1) is 5.41 Å². The highest BCUT2D eigenvalue weighted by atomic mass is 16.3. The van der Waals surface area contributed by atoms with Crippen molar-refractivity contribution >= 4 is 12.1 Å². The fraction of sp³-hybridized carbons (Fsp3) is 0.550. The van der Waals surface area contributed by atoms with Crippen molar-refractivity contribution in [2.24, 2.45) is 5.41 Å². The van der Waals surface area contributed by atoms with Crippen LogP contribution in [0.15, 0.2) is 35.9 Å². The molecule has 4 heteroatoms. The number of hydrogen-bond acceptors (Lipinski definition) is 2. The number of nitrogens with zero attached hydrogens (tertiary/aromatic N) is 1. The van der Waals surface area contributed by atoms with Gasteiger partial charge in [-0.2, -0.15) is 0 Å². The minimum atomic E-state index is -0.349. The van der Waals surface area contributed by atoms with Crippen molar-refractivity contribution in [1.29, 1.82) is 0 Å². The molecule has 132 valence electrons. The van der Waals surface area contributed by atoms with Crippen LogP contribution >= 0.6 is 0 Å². The fourth-order valence-corrected chi connectivity index (χ4v) is 3.22. The fourth-order valence-electron chi connectivity index (χ4n) is 3.22. The van der Waals surface area contributed by atoms with Crippen LogP contribution < -0.4 is 5.32 Å². The summed E-state index contributed by atoms with van der Waals surface area (Å²) in [4.78, 5) is 14.2. The minimum Gasteiger partial charge on any atom is -0.393 e. The Bertz CT molecular complexity index is 554. The van der Waals surface area contributed by atoms with Gasteiger partial charge in [-0.25, -0.2) is 4.79 Å². The van der Waals surface area contributed by atoms with Crippen molar-refractivity contribution in [3.8, 4) is 0 Å². The average molecular weight is 330 g/mol. The molecule has 0 aliphatic carbocycles. The lowest BCUT2D eigenvalue weighted by Crippen LogP contribution is -2.46. The molecule has 1 aliphatic rings. The monoisotopic (exact) mass is 330 g/mol. The first-order valence-electron chi connectivity index (χ1n) is 8.81. The number of rotatable bonds is 5. The van der Waals surface area contributed by atoms with Gasteiger partial charge in [0.2, 0.25) is 0 Å². The maximum atomic E-state index is 12.3. The van der Waals surface area contributed by atoms with Crippen molar-refractivity contribution in [3.63, 3.8) is 0 Å². The summed E-state index contributed by atoms with van der Waals surface area (Å²) in [6, 6.07) is 10.3. The number of benzene rings is 1. The smallest absolute Gasteiger partial charge is 0.317 e. The van der Waals surface area contributed by atoms with E-state index in [1.807, 2.05) is 23.1 Å². The van der Waals surface area contributed by atoms with Gasteiger partial charge < -0.3 is 15.3 Å². The highest BCUT2D eigenvalue weighted by Crippen LogP contribution is 2.22. The van der Waals surface area contributed by atoms with Crippen LogP contribution in [0.5, 0.6) is 0 Å². The number of urea groups is 1. The second kappa shape index (κ2) is 8.34. The normalized spacial score (nSPS) is 16.7. The van der Waals surface area contributed by atoms with Gasteiger partial charge in [0.1, 0.15) is 0 Å². The van der Waals surface area contributed by atoms with Gasteiger partial charge in [0, 0.05) is 19.6 Å². The summed E-state index contributed by atoms with van der Waals surface area (Å²) in [5.41, 5.74) is 2.53. The van der Waals surface area contributed by atoms with E-state index in [1.54, 1.807) is 6.92 Å². The van der Waals surface area contributed by atoms with E-state index in [2.05, 4.69) is 37.4 Å². The molecule has 1 aliphatic heterocycles. The second-order valence-electron chi connectivity index (χ2n) is 7.58. The van der Waals surface area contributed by atoms with E-state index < -0.39 is 0 Å². The van der Waals surface area contributed by atoms with Crippen molar-refractivity contribution in [1.82, 2.24) is 10.2 Å². The molecule has 2 amide bonds. The molecule has 0 bridgehead atoms. The van der Waals surface area contributed by atoms with Crippen molar-refractivity contribution in [3.05, 3.63) is 41.5 Å². The van der Waals surface area contributed by atoms with E-state index >= 15 is 0 Å². The van der Waals surface area contributed by atoms with Gasteiger partial charge in [-0.1, -0.05) is 55.8 Å². The Morgan fingerprint density at radius 2 is 1.92 bits per heavy atom. The summed E-state index contributed by atoms with van der Waals surface area (Å²) in [6.45, 7) is 8.03. The molecule has 0 saturated carbocycles. The summed E-state index contributed by atoms with van der Waals surface area (Å²) in [5, 5.41) is 12.5. The number of carbonyl (C=O) groups excluding carboxylic acids is 1. The molecule has 0 spiro atoms. The van der Waals surface area contributed by atoms with Crippen LogP contribution in [0.2, 0.25) is 0 Å². The zero-order valence-electron chi connectivity index (χ0n) is 15.1. The summed E-state index contributed by atoms with van der Waals surface area (Å²) in [6.07, 6.45) is 4.43. The van der Waals surface area contributed by atoms with Crippen LogP contribution in [-0.4, -0.2) is 41.8 Å². The number of likely N-dealkylation sites (tertiary alicyclic amines) is 1. The van der Waals surface area contributed by atoms with Gasteiger partial charge in [-0.3, -0.25) is 0 Å². The number of carbonyl (C=O) groups is 1. The molecule has 2 N–H and O–H groups in total. The second-order valence-corrected chi connectivity index (χ2v) is 7.58. The summed E-state index contributed by atoms with van der Waals surface area (Å²) in [7, 11) is 0. The van der Waals surface area contributed by atoms with Gasteiger partial charge >= 0.3 is 6.03 Å². The lowest BCUT2D eigenvalue weighted by Gasteiger charge is -2.31. The van der Waals surface area contributed by atoms with E-state index in [1.165, 1.54) is 11.1 Å². The van der Waals surface area contributed by atoms with Crippen molar-refractivity contribution in [2.45, 2.75) is 46.1 Å². The molecule has 1 saturated heterocycles. The third kappa shape index (κ3) is 6.00. The molecule has 1 heterocycles. The molecule has 24 heavy (non-hydrogen) atoms. The maximum absolute atomic E-state index is 12.3. The standard InChI is InChI=1S/C20H30N2O2/c1-16(23)14-20(2,3)15-21-19(24)22-11-9-18(10-12-22)13-17-7-5-4-6-8-17/h4-8,13,16,23H,9-12,14-15H2,1-3H3,(H,21,24). The lowest BCUT2D eigenvalue weighted by atomic mass is 9.87. The first-order valence-corrected chi connectivity index (χ1v) is 8.81. The molecule has 4 nitrogen and oxygen atoms in total. The van der Waals surface area contributed by atoms with Crippen molar-refractivity contribution in [2.75, 3.05) is 19.6 Å². The topological polar surface area (TPSA) is 52.6 Å². The Balaban J connectivity index is 1.79. The van der Waals surface area contributed by atoms with Crippen LogP contribution in [0.1, 0.15) is 45.6 Å². The lowest BCUT2D eigenvalue weighted by molar-refractivity contribution is 0.126. The number of piperidine rings is 1. The largest absolute Gasteiger partial charge is 0.393 e. The number of hydrogen-bond donors (Lipinski definition) is 2. The molecule has 0 radical (unpaired) electrons. The Labute approximate surface area is 145 Å². The predicted octanol–water partition coefficient (Wildman–Crippen LogP) is 3.67. The Hall–Kier alpha value is -1.81. The summed E-state index contributed by atoms with van der Waals surface area (Å²) in [5.74, 6) is 0. The van der Waals surface area contributed by atoms with Crippen LogP contribution in [-0.2, 0) is 0 Å². The zero-order chi connectivity index (χ0) is 17.6. The highest BCUT2D eigenvalue weighted by Gasteiger charge is 2.24. The molecular weight excluding hydrogens is 300 g/mol. The van der Waals surface area contributed by atoms with E-state index in [0.29, 0.717) is 13.0 Å². The highest BCUT2D eigenvalue weighted by molar-refractivity contribution is 5.74. The van der Waals surface area contributed by atoms with Crippen molar-refractivity contribution < 1.29 is 9.90 Å². The Morgan fingerprint density at radius 3 is 2.50 bits per heavy atom. The molecule has 0 aromatic heterocycles. The molecule has 1 atom stereocenters. The van der Waals surface area contributed by atoms with Gasteiger partial charge in [-0.05, 0) is 37.2 Å². The average Bonchev–Trinajstić information content (AvgIpc) is 2.53. The molecular formula is C20H30N2O2. The van der Waals surface area contributed by atoms with Gasteiger partial charge in [-0.15, -0.1) is 0 Å². The number of nitrogens with one attached hydrogen (secondary N) is 1. The van der Waals surface area contributed by atoms with E-state index in [-0.39, 0.29) is 17.6 Å². The molecule has 1 aromatic rings. The van der Waals surface area contributed by atoms with Gasteiger partial charge in [0.05, 0.1) is 6.10 Å². The maximum Gasteiger partial charge on any atom is 0.317 e. The first-order chi connectivity index (χ1) is 11.4. The molecule has 2 rings (SSSR count). The SMILES string of the molecule is CC(O)CC(C)(C)CNC(=O)N1CCC(=Cc2ccccc2)CC1. The predicted molar refractivity (Wildman–Crippen MR) is 98.7 cm³/mol. The Morgan fingerprint density at radius 1 is 1.29 bits per heavy atom. The minimum absolute atomic E-state index is 0.00688. The van der Waals surface area contributed by atoms with E-state index in [4.69, 9.17) is 0 Å². The first kappa shape index (κ1) is 18.5.